The van der Waals surface area contributed by atoms with Crippen LogP contribution in [0.3, 0.4) is 0 Å². The molecule has 0 spiro atoms. The Balaban J connectivity index is 1.55. The Labute approximate surface area is 125 Å². The topological polar surface area (TPSA) is 60.5 Å². The summed E-state index contributed by atoms with van der Waals surface area (Å²) in [6.07, 6.45) is 3.77. The predicted molar refractivity (Wildman–Crippen MR) is 78.2 cm³/mol. The van der Waals surface area contributed by atoms with Crippen LogP contribution in [-0.4, -0.2) is 40.0 Å². The van der Waals surface area contributed by atoms with Crippen LogP contribution < -0.4 is 5.76 Å². The normalized spacial score (nSPS) is 26.1. The maximum absolute atomic E-state index is 12.0. The van der Waals surface area contributed by atoms with Crippen molar-refractivity contribution in [2.45, 2.75) is 38.1 Å². The Kier molecular flexibility index (Phi) is 3.40. The van der Waals surface area contributed by atoms with Crippen molar-refractivity contribution in [2.24, 2.45) is 0 Å². The third-order valence-electron chi connectivity index (χ3n) is 4.25. The number of aromatic nitrogens is 2. The fraction of sp³-hybridized carbons (Fsp3) is 0.571. The van der Waals surface area contributed by atoms with Gasteiger partial charge in [-0.2, -0.15) is 4.68 Å². The molecule has 1 saturated heterocycles. The van der Waals surface area contributed by atoms with E-state index in [0.717, 1.165) is 30.9 Å². The van der Waals surface area contributed by atoms with Gasteiger partial charge in [-0.1, -0.05) is 6.07 Å². The van der Waals surface area contributed by atoms with E-state index >= 15 is 0 Å². The second kappa shape index (κ2) is 5.40. The van der Waals surface area contributed by atoms with Crippen molar-refractivity contribution < 1.29 is 9.15 Å². The number of hydrogen-bond donors (Lipinski definition) is 0. The molecule has 2 atom stereocenters. The van der Waals surface area contributed by atoms with E-state index < -0.39 is 0 Å². The van der Waals surface area contributed by atoms with E-state index in [1.165, 1.54) is 22.4 Å². The number of nitrogens with zero attached hydrogens (tertiary/aromatic N) is 3. The molecule has 0 unspecified atom stereocenters. The summed E-state index contributed by atoms with van der Waals surface area (Å²) in [5.74, 6) is 0.0191. The third-order valence-corrected chi connectivity index (χ3v) is 5.11. The summed E-state index contributed by atoms with van der Waals surface area (Å²) >= 11 is 1.52. The predicted octanol–water partition coefficient (Wildman–Crippen LogP) is 1.78. The second-order valence-corrected chi connectivity index (χ2v) is 6.46. The number of morpholine rings is 1. The smallest absolute Gasteiger partial charge is 0.387 e. The maximum Gasteiger partial charge on any atom is 0.438 e. The Bertz CT molecular complexity index is 663. The van der Waals surface area contributed by atoms with Crippen molar-refractivity contribution in [3.05, 3.63) is 28.1 Å². The highest BCUT2D eigenvalue weighted by Gasteiger charge is 2.36. The van der Waals surface area contributed by atoms with Crippen LogP contribution in [0.15, 0.2) is 26.7 Å². The van der Waals surface area contributed by atoms with Gasteiger partial charge >= 0.3 is 5.76 Å². The summed E-state index contributed by atoms with van der Waals surface area (Å²) in [6, 6.07) is 4.24. The zero-order chi connectivity index (χ0) is 14.2. The molecule has 1 saturated carbocycles. The Morgan fingerprint density at radius 1 is 1.43 bits per heavy atom. The van der Waals surface area contributed by atoms with Gasteiger partial charge in [-0.15, -0.1) is 16.4 Å². The quantitative estimate of drug-likeness (QED) is 0.865. The van der Waals surface area contributed by atoms with Gasteiger partial charge in [-0.25, -0.2) is 4.79 Å². The minimum Gasteiger partial charge on any atom is -0.387 e. The van der Waals surface area contributed by atoms with E-state index in [-0.39, 0.29) is 5.76 Å². The molecule has 0 radical (unpaired) electrons. The standard InChI is InChI=1S/C14H17N3O3S/c18-14-17(15-13(20-14)12-5-2-8-21-12)9-16-6-7-19-11-4-1-3-10(11)16/h2,5,8,10-11H,1,3-4,6-7,9H2/t10-,11+/m1/s1. The first-order valence-electron chi connectivity index (χ1n) is 7.29. The number of hydrogen-bond acceptors (Lipinski definition) is 6. The van der Waals surface area contributed by atoms with Crippen molar-refractivity contribution in [3.63, 3.8) is 0 Å². The molecule has 0 bridgehead atoms. The zero-order valence-electron chi connectivity index (χ0n) is 11.6. The molecular weight excluding hydrogens is 290 g/mol. The highest BCUT2D eigenvalue weighted by molar-refractivity contribution is 7.13. The van der Waals surface area contributed by atoms with E-state index in [0.29, 0.717) is 24.7 Å². The minimum absolute atomic E-state index is 0.318. The van der Waals surface area contributed by atoms with Gasteiger partial charge in [0, 0.05) is 12.6 Å². The van der Waals surface area contributed by atoms with Crippen molar-refractivity contribution in [1.29, 1.82) is 0 Å². The molecule has 21 heavy (non-hydrogen) atoms. The lowest BCUT2D eigenvalue weighted by Crippen LogP contribution is -2.49. The lowest BCUT2D eigenvalue weighted by molar-refractivity contribution is -0.0687. The van der Waals surface area contributed by atoms with Crippen LogP contribution >= 0.6 is 11.3 Å². The molecule has 0 amide bonds. The SMILES string of the molecule is O=c1oc(-c2cccs2)nn1CN1CCO[C@H]2CCC[C@H]21. The Morgan fingerprint density at radius 3 is 3.24 bits per heavy atom. The third kappa shape index (κ3) is 2.45. The van der Waals surface area contributed by atoms with Crippen molar-refractivity contribution in [1.82, 2.24) is 14.7 Å². The largest absolute Gasteiger partial charge is 0.438 e. The van der Waals surface area contributed by atoms with Crippen LogP contribution in [0.1, 0.15) is 19.3 Å². The van der Waals surface area contributed by atoms with Crippen LogP contribution in [0.4, 0.5) is 0 Å². The molecule has 2 aromatic rings. The molecule has 4 rings (SSSR count). The lowest BCUT2D eigenvalue weighted by atomic mass is 10.1. The van der Waals surface area contributed by atoms with Gasteiger partial charge in [0.25, 0.3) is 5.89 Å². The van der Waals surface area contributed by atoms with E-state index in [1.54, 1.807) is 0 Å². The minimum atomic E-state index is -0.389. The first-order valence-corrected chi connectivity index (χ1v) is 8.17. The van der Waals surface area contributed by atoms with Gasteiger partial charge in [0.1, 0.15) is 6.67 Å². The van der Waals surface area contributed by atoms with Gasteiger partial charge in [0.2, 0.25) is 0 Å². The molecule has 7 heteroatoms. The van der Waals surface area contributed by atoms with Gasteiger partial charge in [0.15, 0.2) is 0 Å². The first kappa shape index (κ1) is 13.2. The first-order chi connectivity index (χ1) is 10.3. The van der Waals surface area contributed by atoms with E-state index in [2.05, 4.69) is 10.00 Å². The van der Waals surface area contributed by atoms with Gasteiger partial charge < -0.3 is 9.15 Å². The number of fused-ring (bicyclic) bond motifs is 1. The average molecular weight is 307 g/mol. The summed E-state index contributed by atoms with van der Waals surface area (Å²) in [5.41, 5.74) is 0. The van der Waals surface area contributed by atoms with Crippen molar-refractivity contribution in [3.8, 4) is 10.8 Å². The number of ether oxygens (including phenoxy) is 1. The van der Waals surface area contributed by atoms with Crippen LogP contribution in [0.5, 0.6) is 0 Å². The molecule has 2 aliphatic rings. The molecule has 0 aromatic carbocycles. The molecular formula is C14H17N3O3S. The molecule has 6 nitrogen and oxygen atoms in total. The summed E-state index contributed by atoms with van der Waals surface area (Å²) in [4.78, 5) is 15.2. The number of rotatable bonds is 3. The maximum atomic E-state index is 12.0. The Morgan fingerprint density at radius 2 is 2.38 bits per heavy atom. The van der Waals surface area contributed by atoms with Crippen molar-refractivity contribution >= 4 is 11.3 Å². The summed E-state index contributed by atoms with van der Waals surface area (Å²) in [5, 5.41) is 6.27. The number of thiophene rings is 1. The average Bonchev–Trinajstić information content (AvgIpc) is 3.20. The van der Waals surface area contributed by atoms with Crippen LogP contribution in [0.2, 0.25) is 0 Å². The van der Waals surface area contributed by atoms with Crippen LogP contribution in [0.25, 0.3) is 10.8 Å². The van der Waals surface area contributed by atoms with E-state index in [1.807, 2.05) is 17.5 Å². The molecule has 2 aromatic heterocycles. The van der Waals surface area contributed by atoms with Gasteiger partial charge in [-0.3, -0.25) is 4.90 Å². The zero-order valence-corrected chi connectivity index (χ0v) is 12.4. The van der Waals surface area contributed by atoms with Crippen molar-refractivity contribution in [2.75, 3.05) is 13.2 Å². The lowest BCUT2D eigenvalue weighted by Gasteiger charge is -2.36. The molecule has 112 valence electrons. The van der Waals surface area contributed by atoms with E-state index in [9.17, 15) is 4.79 Å². The molecule has 3 heterocycles. The molecule has 2 fully saturated rings. The fourth-order valence-electron chi connectivity index (χ4n) is 3.25. The van der Waals surface area contributed by atoms with Crippen LogP contribution in [-0.2, 0) is 11.4 Å². The Hall–Kier alpha value is -1.44. The molecule has 1 aliphatic carbocycles. The van der Waals surface area contributed by atoms with E-state index in [4.69, 9.17) is 9.15 Å². The second-order valence-electron chi connectivity index (χ2n) is 5.51. The highest BCUT2D eigenvalue weighted by Crippen LogP contribution is 2.30. The van der Waals surface area contributed by atoms with Gasteiger partial charge in [0.05, 0.1) is 17.6 Å². The molecule has 0 N–H and O–H groups in total. The summed E-state index contributed by atoms with van der Waals surface area (Å²) in [7, 11) is 0. The highest BCUT2D eigenvalue weighted by atomic mass is 32.1. The summed E-state index contributed by atoms with van der Waals surface area (Å²) < 4.78 is 12.5. The van der Waals surface area contributed by atoms with Crippen LogP contribution in [0, 0.1) is 0 Å². The molecule has 1 aliphatic heterocycles. The monoisotopic (exact) mass is 307 g/mol. The fourth-order valence-corrected chi connectivity index (χ4v) is 3.89. The summed E-state index contributed by atoms with van der Waals surface area (Å²) in [6.45, 7) is 2.05. The van der Waals surface area contributed by atoms with Gasteiger partial charge in [-0.05, 0) is 30.7 Å².